The summed E-state index contributed by atoms with van der Waals surface area (Å²) >= 11 is 5.32. The maximum absolute atomic E-state index is 12.7. The normalized spacial score (nSPS) is 11.7. The molecule has 0 saturated heterocycles. The minimum Gasteiger partial charge on any atom is -0.390 e. The lowest BCUT2D eigenvalue weighted by Gasteiger charge is -2.10. The Morgan fingerprint density at radius 2 is 2.17 bits per heavy atom. The first-order chi connectivity index (χ1) is 5.56. The van der Waals surface area contributed by atoms with Crippen LogP contribution in [0.15, 0.2) is 12.4 Å². The van der Waals surface area contributed by atoms with E-state index in [1.165, 1.54) is 0 Å². The zero-order chi connectivity index (χ0) is 9.19. The molecular formula is C6H5ClF2N2O. The van der Waals surface area contributed by atoms with Gasteiger partial charge in [-0.15, -0.1) is 0 Å². The Balaban J connectivity index is 3.03. The Morgan fingerprint density at radius 3 is 2.67 bits per heavy atom. The fourth-order valence-electron chi connectivity index (χ4n) is 0.599. The summed E-state index contributed by atoms with van der Waals surface area (Å²) in [5.41, 5.74) is -0.627. The quantitative estimate of drug-likeness (QED) is 0.770. The number of halogens is 3. The van der Waals surface area contributed by atoms with Crippen LogP contribution in [-0.4, -0.2) is 21.7 Å². The van der Waals surface area contributed by atoms with Crippen LogP contribution in [0.3, 0.4) is 0 Å². The van der Waals surface area contributed by atoms with Crippen LogP contribution in [0.5, 0.6) is 0 Å². The second-order valence-corrected chi connectivity index (χ2v) is 2.48. The molecule has 1 heterocycles. The van der Waals surface area contributed by atoms with Crippen molar-refractivity contribution in [3.05, 3.63) is 23.2 Å². The Hall–Kier alpha value is -0.810. The highest BCUT2D eigenvalue weighted by Crippen LogP contribution is 2.25. The highest BCUT2D eigenvalue weighted by Gasteiger charge is 2.32. The lowest BCUT2D eigenvalue weighted by Crippen LogP contribution is -2.20. The molecule has 0 bridgehead atoms. The molecule has 0 aromatic carbocycles. The Kier molecular flexibility index (Phi) is 2.54. The SMILES string of the molecule is OCC(F)(F)c1cncc(Cl)n1. The number of alkyl halides is 2. The molecule has 0 aliphatic rings. The average molecular weight is 195 g/mol. The van der Waals surface area contributed by atoms with Crippen LogP contribution >= 0.6 is 11.6 Å². The van der Waals surface area contributed by atoms with E-state index < -0.39 is 18.2 Å². The Morgan fingerprint density at radius 1 is 1.50 bits per heavy atom. The van der Waals surface area contributed by atoms with E-state index in [-0.39, 0.29) is 5.15 Å². The highest BCUT2D eigenvalue weighted by atomic mass is 35.5. The van der Waals surface area contributed by atoms with Gasteiger partial charge in [-0.2, -0.15) is 8.78 Å². The van der Waals surface area contributed by atoms with Gasteiger partial charge in [0.2, 0.25) is 0 Å². The molecule has 0 saturated carbocycles. The molecule has 0 amide bonds. The van der Waals surface area contributed by atoms with Crippen LogP contribution in [0, 0.1) is 0 Å². The fourth-order valence-corrected chi connectivity index (χ4v) is 0.747. The summed E-state index contributed by atoms with van der Waals surface area (Å²) < 4.78 is 25.3. The van der Waals surface area contributed by atoms with Gasteiger partial charge in [0.25, 0.3) is 0 Å². The predicted octanol–water partition coefficient (Wildman–Crippen LogP) is 1.21. The van der Waals surface area contributed by atoms with E-state index in [4.69, 9.17) is 16.7 Å². The number of hydrogen-bond donors (Lipinski definition) is 1. The molecule has 6 heteroatoms. The van der Waals surface area contributed by atoms with E-state index in [0.717, 1.165) is 12.4 Å². The van der Waals surface area contributed by atoms with Crippen LogP contribution in [0.4, 0.5) is 8.78 Å². The molecule has 1 N–H and O–H groups in total. The second kappa shape index (κ2) is 3.28. The predicted molar refractivity (Wildman–Crippen MR) is 38.0 cm³/mol. The zero-order valence-corrected chi connectivity index (χ0v) is 6.59. The van der Waals surface area contributed by atoms with Crippen molar-refractivity contribution in [1.29, 1.82) is 0 Å². The Bertz CT molecular complexity index is 282. The van der Waals surface area contributed by atoms with Gasteiger partial charge in [-0.1, -0.05) is 11.6 Å². The van der Waals surface area contributed by atoms with Crippen LogP contribution in [0.25, 0.3) is 0 Å². The molecule has 12 heavy (non-hydrogen) atoms. The van der Waals surface area contributed by atoms with Crippen molar-refractivity contribution in [2.75, 3.05) is 6.61 Å². The van der Waals surface area contributed by atoms with Gasteiger partial charge in [0.1, 0.15) is 17.5 Å². The summed E-state index contributed by atoms with van der Waals surface area (Å²) in [4.78, 5) is 6.72. The number of aliphatic hydroxyl groups excluding tert-OH is 1. The van der Waals surface area contributed by atoms with E-state index >= 15 is 0 Å². The van der Waals surface area contributed by atoms with Gasteiger partial charge in [-0.3, -0.25) is 4.98 Å². The molecule has 0 aliphatic heterocycles. The number of aliphatic hydroxyl groups is 1. The van der Waals surface area contributed by atoms with E-state index in [2.05, 4.69) is 9.97 Å². The summed E-state index contributed by atoms with van der Waals surface area (Å²) in [7, 11) is 0. The molecule has 3 nitrogen and oxygen atoms in total. The third kappa shape index (κ3) is 1.86. The molecule has 0 unspecified atom stereocenters. The average Bonchev–Trinajstić information content (AvgIpc) is 2.05. The van der Waals surface area contributed by atoms with Crippen LogP contribution in [0.2, 0.25) is 5.15 Å². The summed E-state index contributed by atoms with van der Waals surface area (Å²) in [6.07, 6.45) is 2.00. The first-order valence-corrected chi connectivity index (χ1v) is 3.41. The van der Waals surface area contributed by atoms with Crippen molar-refractivity contribution < 1.29 is 13.9 Å². The van der Waals surface area contributed by atoms with Crippen molar-refractivity contribution in [3.63, 3.8) is 0 Å². The summed E-state index contributed by atoms with van der Waals surface area (Å²) in [5.74, 6) is -3.38. The number of hydrogen-bond acceptors (Lipinski definition) is 3. The summed E-state index contributed by atoms with van der Waals surface area (Å²) in [6.45, 7) is -1.30. The van der Waals surface area contributed by atoms with Gasteiger partial charge >= 0.3 is 5.92 Å². The van der Waals surface area contributed by atoms with Crippen molar-refractivity contribution in [3.8, 4) is 0 Å². The lowest BCUT2D eigenvalue weighted by atomic mass is 10.3. The molecule has 1 aromatic heterocycles. The minimum absolute atomic E-state index is 0.124. The largest absolute Gasteiger partial charge is 0.390 e. The number of rotatable bonds is 2. The fraction of sp³-hybridized carbons (Fsp3) is 0.333. The van der Waals surface area contributed by atoms with E-state index in [9.17, 15) is 8.78 Å². The van der Waals surface area contributed by atoms with Crippen LogP contribution in [-0.2, 0) is 5.92 Å². The highest BCUT2D eigenvalue weighted by molar-refractivity contribution is 6.29. The molecule has 0 radical (unpaired) electrons. The third-order valence-electron chi connectivity index (χ3n) is 1.18. The molecular weight excluding hydrogens is 190 g/mol. The smallest absolute Gasteiger partial charge is 0.313 e. The van der Waals surface area contributed by atoms with Crippen molar-refractivity contribution in [2.45, 2.75) is 5.92 Å². The summed E-state index contributed by atoms with van der Waals surface area (Å²) in [5, 5.41) is 8.15. The topological polar surface area (TPSA) is 46.0 Å². The lowest BCUT2D eigenvalue weighted by molar-refractivity contribution is -0.0595. The van der Waals surface area contributed by atoms with Gasteiger partial charge < -0.3 is 5.11 Å². The molecule has 0 atom stereocenters. The van der Waals surface area contributed by atoms with Gasteiger partial charge in [0.15, 0.2) is 0 Å². The van der Waals surface area contributed by atoms with E-state index in [0.29, 0.717) is 0 Å². The number of aromatic nitrogens is 2. The molecule has 0 spiro atoms. The number of nitrogens with zero attached hydrogens (tertiary/aromatic N) is 2. The third-order valence-corrected chi connectivity index (χ3v) is 1.36. The first-order valence-electron chi connectivity index (χ1n) is 3.03. The van der Waals surface area contributed by atoms with Crippen LogP contribution in [0.1, 0.15) is 5.69 Å². The molecule has 0 aliphatic carbocycles. The van der Waals surface area contributed by atoms with Crippen molar-refractivity contribution >= 4 is 11.6 Å². The standard InChI is InChI=1S/C6H5ClF2N2O/c7-5-2-10-1-4(11-5)6(8,9)3-12/h1-2,12H,3H2. The first kappa shape index (κ1) is 9.28. The minimum atomic E-state index is -3.38. The van der Waals surface area contributed by atoms with Gasteiger partial charge in [0, 0.05) is 0 Å². The van der Waals surface area contributed by atoms with Gasteiger partial charge in [0.05, 0.1) is 12.4 Å². The Labute approximate surface area is 72.0 Å². The van der Waals surface area contributed by atoms with Gasteiger partial charge in [-0.05, 0) is 0 Å². The van der Waals surface area contributed by atoms with Gasteiger partial charge in [-0.25, -0.2) is 4.98 Å². The van der Waals surface area contributed by atoms with Crippen molar-refractivity contribution in [2.24, 2.45) is 0 Å². The van der Waals surface area contributed by atoms with Crippen LogP contribution < -0.4 is 0 Å². The maximum Gasteiger partial charge on any atom is 0.313 e. The molecule has 1 rings (SSSR count). The monoisotopic (exact) mass is 194 g/mol. The molecule has 66 valence electrons. The summed E-state index contributed by atoms with van der Waals surface area (Å²) in [6, 6.07) is 0. The zero-order valence-electron chi connectivity index (χ0n) is 5.84. The van der Waals surface area contributed by atoms with Crippen molar-refractivity contribution in [1.82, 2.24) is 9.97 Å². The second-order valence-electron chi connectivity index (χ2n) is 2.09. The van der Waals surface area contributed by atoms with E-state index in [1.807, 2.05) is 0 Å². The maximum atomic E-state index is 12.7. The van der Waals surface area contributed by atoms with E-state index in [1.54, 1.807) is 0 Å². The molecule has 0 fully saturated rings. The molecule has 1 aromatic rings.